The van der Waals surface area contributed by atoms with E-state index in [-0.39, 0.29) is 28.3 Å². The highest BCUT2D eigenvalue weighted by Gasteiger charge is 2.24. The molecule has 2 aromatic carbocycles. The standard InChI is InChI=1S/C38H54N6O3/c1-9-14-16-28(11-3)25-44(26-29(12-4)17-15-10-2)33-18-19-34(35(22-33)41-27(6)45)42-43-36-31(23-39)20-30(21-32(36)24-40)37(46)47-38(7,8)13-5/h18-22,28-29H,9-17,25-26H2,1-8H3,(H,41,45). The van der Waals surface area contributed by atoms with E-state index in [1.165, 1.54) is 57.6 Å². The van der Waals surface area contributed by atoms with Crippen molar-refractivity contribution in [1.29, 1.82) is 10.5 Å². The van der Waals surface area contributed by atoms with Crippen LogP contribution in [0.5, 0.6) is 0 Å². The zero-order chi connectivity index (χ0) is 35.0. The number of nitriles is 2. The van der Waals surface area contributed by atoms with E-state index in [0.717, 1.165) is 31.6 Å². The largest absolute Gasteiger partial charge is 0.456 e. The molecule has 0 aliphatic rings. The summed E-state index contributed by atoms with van der Waals surface area (Å²) in [4.78, 5) is 27.6. The van der Waals surface area contributed by atoms with E-state index in [1.807, 2.05) is 37.3 Å². The predicted octanol–water partition coefficient (Wildman–Crippen LogP) is 10.4. The number of amides is 1. The van der Waals surface area contributed by atoms with Crippen molar-refractivity contribution in [3.05, 3.63) is 47.0 Å². The van der Waals surface area contributed by atoms with Gasteiger partial charge in [-0.25, -0.2) is 4.79 Å². The van der Waals surface area contributed by atoms with Crippen LogP contribution in [0, 0.1) is 34.5 Å². The number of unbranched alkanes of at least 4 members (excludes halogenated alkanes) is 2. The first-order valence-corrected chi connectivity index (χ1v) is 17.2. The van der Waals surface area contributed by atoms with Gasteiger partial charge >= 0.3 is 5.97 Å². The lowest BCUT2D eigenvalue weighted by Crippen LogP contribution is -2.34. The average Bonchev–Trinajstić information content (AvgIpc) is 3.06. The summed E-state index contributed by atoms with van der Waals surface area (Å²) in [7, 11) is 0. The number of hydrogen-bond donors (Lipinski definition) is 1. The number of benzene rings is 2. The van der Waals surface area contributed by atoms with Crippen LogP contribution in [0.3, 0.4) is 0 Å². The van der Waals surface area contributed by atoms with Gasteiger partial charge in [-0.05, 0) is 75.3 Å². The lowest BCUT2D eigenvalue weighted by Gasteiger charge is -2.33. The first kappa shape index (κ1) is 38.9. The summed E-state index contributed by atoms with van der Waals surface area (Å²) in [6.07, 6.45) is 9.89. The number of nitrogens with one attached hydrogen (secondary N) is 1. The van der Waals surface area contributed by atoms with Crippen LogP contribution in [-0.4, -0.2) is 30.6 Å². The first-order valence-electron chi connectivity index (χ1n) is 17.2. The van der Waals surface area contributed by atoms with Gasteiger partial charge < -0.3 is 15.0 Å². The zero-order valence-corrected chi connectivity index (χ0v) is 29.8. The van der Waals surface area contributed by atoms with Crippen LogP contribution in [0.25, 0.3) is 0 Å². The number of anilines is 2. The molecule has 1 N–H and O–H groups in total. The molecule has 254 valence electrons. The van der Waals surface area contributed by atoms with E-state index in [9.17, 15) is 20.1 Å². The Hall–Kier alpha value is -4.24. The Morgan fingerprint density at radius 1 is 0.894 bits per heavy atom. The minimum Gasteiger partial charge on any atom is -0.456 e. The Labute approximate surface area is 282 Å². The molecule has 2 rings (SSSR count). The fraction of sp³-hybridized carbons (Fsp3) is 0.579. The van der Waals surface area contributed by atoms with E-state index in [1.54, 1.807) is 13.8 Å². The molecule has 0 spiro atoms. The summed E-state index contributed by atoms with van der Waals surface area (Å²) in [6, 6.07) is 12.6. The van der Waals surface area contributed by atoms with Crippen molar-refractivity contribution in [2.24, 2.45) is 22.1 Å². The van der Waals surface area contributed by atoms with Gasteiger partial charge in [-0.15, -0.1) is 10.2 Å². The molecular formula is C38H54N6O3. The third-order valence-corrected chi connectivity index (χ3v) is 8.76. The molecule has 0 saturated heterocycles. The third-order valence-electron chi connectivity index (χ3n) is 8.76. The molecule has 2 atom stereocenters. The van der Waals surface area contributed by atoms with Gasteiger partial charge in [-0.3, -0.25) is 4.79 Å². The smallest absolute Gasteiger partial charge is 0.338 e. The Kier molecular flexibility index (Phi) is 16.1. The molecule has 9 heteroatoms. The second-order valence-electron chi connectivity index (χ2n) is 13.0. The summed E-state index contributed by atoms with van der Waals surface area (Å²) in [6.45, 7) is 17.8. The number of esters is 1. The van der Waals surface area contributed by atoms with Crippen LogP contribution in [0.15, 0.2) is 40.6 Å². The van der Waals surface area contributed by atoms with Gasteiger partial charge in [0.2, 0.25) is 5.91 Å². The molecule has 0 fully saturated rings. The number of nitrogens with zero attached hydrogens (tertiary/aromatic N) is 5. The molecule has 9 nitrogen and oxygen atoms in total. The summed E-state index contributed by atoms with van der Waals surface area (Å²) < 4.78 is 5.57. The van der Waals surface area contributed by atoms with Gasteiger partial charge in [0.15, 0.2) is 0 Å². The fourth-order valence-corrected chi connectivity index (χ4v) is 5.36. The van der Waals surface area contributed by atoms with E-state index >= 15 is 0 Å². The van der Waals surface area contributed by atoms with E-state index in [0.29, 0.717) is 29.6 Å². The Morgan fingerprint density at radius 3 is 1.89 bits per heavy atom. The summed E-state index contributed by atoms with van der Waals surface area (Å²) in [5.74, 6) is 0.247. The van der Waals surface area contributed by atoms with Crippen molar-refractivity contribution in [2.75, 3.05) is 23.3 Å². The SMILES string of the molecule is CCCCC(CC)CN(CC(CC)CCCC)c1ccc(N=Nc2c(C#N)cc(C(=O)OC(C)(C)CC)cc2C#N)c(NC(C)=O)c1. The third kappa shape index (κ3) is 12.1. The molecule has 0 heterocycles. The molecule has 1 amide bonds. The van der Waals surface area contributed by atoms with Crippen LogP contribution in [0.4, 0.5) is 22.7 Å². The highest BCUT2D eigenvalue weighted by molar-refractivity contribution is 5.93. The van der Waals surface area contributed by atoms with Gasteiger partial charge in [-0.2, -0.15) is 10.5 Å². The zero-order valence-electron chi connectivity index (χ0n) is 29.8. The predicted molar refractivity (Wildman–Crippen MR) is 189 cm³/mol. The van der Waals surface area contributed by atoms with Crippen molar-refractivity contribution >= 4 is 34.6 Å². The quantitative estimate of drug-likeness (QED) is 0.120. The molecule has 0 bridgehead atoms. The lowest BCUT2D eigenvalue weighted by molar-refractivity contribution is -0.114. The maximum Gasteiger partial charge on any atom is 0.338 e. The summed E-state index contributed by atoms with van der Waals surface area (Å²) >= 11 is 0. The van der Waals surface area contributed by atoms with E-state index < -0.39 is 11.6 Å². The number of azo groups is 1. The summed E-state index contributed by atoms with van der Waals surface area (Å²) in [5, 5.41) is 31.4. The van der Waals surface area contributed by atoms with Crippen molar-refractivity contribution in [2.45, 2.75) is 119 Å². The molecule has 0 radical (unpaired) electrons. The van der Waals surface area contributed by atoms with Crippen LogP contribution < -0.4 is 10.2 Å². The Morgan fingerprint density at radius 2 is 1.45 bits per heavy atom. The van der Waals surface area contributed by atoms with Crippen LogP contribution in [-0.2, 0) is 9.53 Å². The molecule has 0 aliphatic heterocycles. The fourth-order valence-electron chi connectivity index (χ4n) is 5.36. The summed E-state index contributed by atoms with van der Waals surface area (Å²) in [5.41, 5.74) is 1.37. The number of ether oxygens (including phenoxy) is 1. The Bertz CT molecular complexity index is 1400. The van der Waals surface area contributed by atoms with Crippen molar-refractivity contribution in [1.82, 2.24) is 0 Å². The monoisotopic (exact) mass is 642 g/mol. The molecule has 0 aliphatic carbocycles. The Balaban J connectivity index is 2.56. The minimum atomic E-state index is -0.698. The molecule has 47 heavy (non-hydrogen) atoms. The van der Waals surface area contributed by atoms with Gasteiger partial charge in [0.25, 0.3) is 0 Å². The molecule has 0 aromatic heterocycles. The number of hydrogen-bond acceptors (Lipinski definition) is 8. The molecule has 2 aromatic rings. The first-order chi connectivity index (χ1) is 22.4. The molecular weight excluding hydrogens is 588 g/mol. The molecule has 2 unspecified atom stereocenters. The molecule has 0 saturated carbocycles. The highest BCUT2D eigenvalue weighted by atomic mass is 16.6. The lowest BCUT2D eigenvalue weighted by atomic mass is 9.95. The second-order valence-corrected chi connectivity index (χ2v) is 13.0. The number of rotatable bonds is 19. The maximum atomic E-state index is 12.8. The van der Waals surface area contributed by atoms with Crippen molar-refractivity contribution < 1.29 is 14.3 Å². The van der Waals surface area contributed by atoms with Crippen LogP contribution in [0.1, 0.15) is 135 Å². The van der Waals surface area contributed by atoms with Crippen molar-refractivity contribution in [3.8, 4) is 12.1 Å². The van der Waals surface area contributed by atoms with E-state index in [2.05, 4.69) is 48.1 Å². The van der Waals surface area contributed by atoms with Crippen molar-refractivity contribution in [3.63, 3.8) is 0 Å². The highest BCUT2D eigenvalue weighted by Crippen LogP contribution is 2.35. The minimum absolute atomic E-state index is 0.0216. The van der Waals surface area contributed by atoms with Crippen LogP contribution in [0.2, 0.25) is 0 Å². The normalized spacial score (nSPS) is 12.6. The maximum absolute atomic E-state index is 12.8. The average molecular weight is 643 g/mol. The van der Waals surface area contributed by atoms with Gasteiger partial charge in [0.1, 0.15) is 29.1 Å². The van der Waals surface area contributed by atoms with E-state index in [4.69, 9.17) is 4.74 Å². The van der Waals surface area contributed by atoms with Gasteiger partial charge in [0.05, 0.1) is 22.4 Å². The van der Waals surface area contributed by atoms with Crippen LogP contribution >= 0.6 is 0 Å². The topological polar surface area (TPSA) is 131 Å². The van der Waals surface area contributed by atoms with Gasteiger partial charge in [-0.1, -0.05) is 73.1 Å². The number of carbonyl (C=O) groups excluding carboxylic acids is 2. The second kappa shape index (κ2) is 19.4. The number of carbonyl (C=O) groups is 2. The van der Waals surface area contributed by atoms with Gasteiger partial charge in [0, 0.05) is 25.7 Å².